The SMILES string of the molecule is CCC1CCCC(C(O)c2c(OC)cccc2OC)C1. The summed E-state index contributed by atoms with van der Waals surface area (Å²) in [7, 11) is 3.28. The van der Waals surface area contributed by atoms with Crippen LogP contribution in [0.4, 0.5) is 0 Å². The van der Waals surface area contributed by atoms with Crippen LogP contribution in [0.25, 0.3) is 0 Å². The van der Waals surface area contributed by atoms with Gasteiger partial charge in [0.15, 0.2) is 0 Å². The molecule has 2 rings (SSSR count). The molecule has 0 aromatic heterocycles. The number of rotatable bonds is 5. The van der Waals surface area contributed by atoms with Crippen LogP contribution in [0.1, 0.15) is 50.7 Å². The zero-order valence-corrected chi connectivity index (χ0v) is 12.8. The molecule has 3 unspecified atom stereocenters. The number of hydrogen-bond acceptors (Lipinski definition) is 3. The Morgan fingerprint density at radius 3 is 2.40 bits per heavy atom. The highest BCUT2D eigenvalue weighted by Crippen LogP contribution is 2.43. The largest absolute Gasteiger partial charge is 0.496 e. The summed E-state index contributed by atoms with van der Waals surface area (Å²) in [5, 5.41) is 10.8. The van der Waals surface area contributed by atoms with Gasteiger partial charge in [0.25, 0.3) is 0 Å². The van der Waals surface area contributed by atoms with Gasteiger partial charge in [-0.25, -0.2) is 0 Å². The summed E-state index contributed by atoms with van der Waals surface area (Å²) >= 11 is 0. The number of aliphatic hydroxyl groups excluding tert-OH is 1. The van der Waals surface area contributed by atoms with E-state index in [2.05, 4.69) is 6.92 Å². The Bertz CT molecular complexity index is 408. The molecule has 0 aliphatic heterocycles. The van der Waals surface area contributed by atoms with Crippen molar-refractivity contribution < 1.29 is 14.6 Å². The van der Waals surface area contributed by atoms with Crippen molar-refractivity contribution in [2.24, 2.45) is 11.8 Å². The molecule has 1 fully saturated rings. The highest BCUT2D eigenvalue weighted by Gasteiger charge is 2.31. The maximum Gasteiger partial charge on any atom is 0.128 e. The zero-order valence-electron chi connectivity index (χ0n) is 12.8. The van der Waals surface area contributed by atoms with Crippen molar-refractivity contribution >= 4 is 0 Å². The summed E-state index contributed by atoms with van der Waals surface area (Å²) in [6.07, 6.45) is 5.38. The van der Waals surface area contributed by atoms with Crippen LogP contribution < -0.4 is 9.47 Å². The lowest BCUT2D eigenvalue weighted by atomic mass is 9.76. The van der Waals surface area contributed by atoms with Gasteiger partial charge in [-0.1, -0.05) is 32.3 Å². The van der Waals surface area contributed by atoms with E-state index < -0.39 is 6.10 Å². The summed E-state index contributed by atoms with van der Waals surface area (Å²) in [6, 6.07) is 5.67. The Morgan fingerprint density at radius 1 is 1.20 bits per heavy atom. The maximum absolute atomic E-state index is 10.8. The van der Waals surface area contributed by atoms with E-state index in [1.807, 2.05) is 18.2 Å². The van der Waals surface area contributed by atoms with E-state index in [4.69, 9.17) is 9.47 Å². The fourth-order valence-corrected chi connectivity index (χ4v) is 3.40. The van der Waals surface area contributed by atoms with Crippen LogP contribution in [0, 0.1) is 11.8 Å². The van der Waals surface area contributed by atoms with Crippen molar-refractivity contribution in [3.63, 3.8) is 0 Å². The average Bonchev–Trinajstić information content (AvgIpc) is 2.53. The number of hydrogen-bond donors (Lipinski definition) is 1. The molecule has 20 heavy (non-hydrogen) atoms. The lowest BCUT2D eigenvalue weighted by Gasteiger charge is -2.32. The van der Waals surface area contributed by atoms with Crippen molar-refractivity contribution in [3.05, 3.63) is 23.8 Å². The van der Waals surface area contributed by atoms with Crippen LogP contribution in [0.3, 0.4) is 0 Å². The van der Waals surface area contributed by atoms with Gasteiger partial charge >= 0.3 is 0 Å². The molecule has 1 aromatic rings. The average molecular weight is 278 g/mol. The smallest absolute Gasteiger partial charge is 0.128 e. The summed E-state index contributed by atoms with van der Waals surface area (Å²) in [6.45, 7) is 2.24. The summed E-state index contributed by atoms with van der Waals surface area (Å²) in [5.41, 5.74) is 0.805. The minimum Gasteiger partial charge on any atom is -0.496 e. The molecule has 1 aromatic carbocycles. The number of aliphatic hydroxyl groups is 1. The van der Waals surface area contributed by atoms with Crippen molar-refractivity contribution in [1.82, 2.24) is 0 Å². The van der Waals surface area contributed by atoms with E-state index in [9.17, 15) is 5.11 Å². The molecule has 0 heterocycles. The van der Waals surface area contributed by atoms with Crippen LogP contribution in [-0.4, -0.2) is 19.3 Å². The van der Waals surface area contributed by atoms with Crippen LogP contribution in [0.2, 0.25) is 0 Å². The molecule has 1 N–H and O–H groups in total. The first-order valence-corrected chi connectivity index (χ1v) is 7.60. The van der Waals surface area contributed by atoms with E-state index in [0.29, 0.717) is 5.92 Å². The third-order valence-corrected chi connectivity index (χ3v) is 4.61. The van der Waals surface area contributed by atoms with E-state index in [1.54, 1.807) is 14.2 Å². The van der Waals surface area contributed by atoms with Crippen molar-refractivity contribution in [1.29, 1.82) is 0 Å². The van der Waals surface area contributed by atoms with Crippen LogP contribution in [-0.2, 0) is 0 Å². The van der Waals surface area contributed by atoms with Crippen LogP contribution in [0.15, 0.2) is 18.2 Å². The van der Waals surface area contributed by atoms with E-state index in [-0.39, 0.29) is 0 Å². The fourth-order valence-electron chi connectivity index (χ4n) is 3.40. The second-order valence-electron chi connectivity index (χ2n) is 5.72. The minimum absolute atomic E-state index is 0.305. The van der Waals surface area contributed by atoms with Crippen molar-refractivity contribution in [2.45, 2.75) is 45.1 Å². The van der Waals surface area contributed by atoms with Gasteiger partial charge in [-0.05, 0) is 36.8 Å². The molecule has 112 valence electrons. The molecule has 3 heteroatoms. The molecule has 1 saturated carbocycles. The predicted octanol–water partition coefficient (Wildman–Crippen LogP) is 3.95. The maximum atomic E-state index is 10.8. The molecular weight excluding hydrogens is 252 g/mol. The molecule has 1 aliphatic carbocycles. The van der Waals surface area contributed by atoms with Gasteiger partial charge in [-0.15, -0.1) is 0 Å². The van der Waals surface area contributed by atoms with Gasteiger partial charge in [0.2, 0.25) is 0 Å². The van der Waals surface area contributed by atoms with E-state index >= 15 is 0 Å². The summed E-state index contributed by atoms with van der Waals surface area (Å²) < 4.78 is 10.8. The molecule has 0 amide bonds. The molecule has 0 radical (unpaired) electrons. The predicted molar refractivity (Wildman–Crippen MR) is 80.2 cm³/mol. The van der Waals surface area contributed by atoms with Gasteiger partial charge in [-0.2, -0.15) is 0 Å². The highest BCUT2D eigenvalue weighted by atomic mass is 16.5. The Kier molecular flexibility index (Phi) is 5.30. The van der Waals surface area contributed by atoms with Gasteiger partial charge in [0.05, 0.1) is 25.9 Å². The van der Waals surface area contributed by atoms with Gasteiger partial charge in [-0.3, -0.25) is 0 Å². The van der Waals surface area contributed by atoms with Crippen molar-refractivity contribution in [3.8, 4) is 11.5 Å². The number of methoxy groups -OCH3 is 2. The normalized spacial score (nSPS) is 24.2. The lowest BCUT2D eigenvalue weighted by molar-refractivity contribution is 0.0637. The van der Waals surface area contributed by atoms with Crippen LogP contribution >= 0.6 is 0 Å². The molecule has 0 spiro atoms. The van der Waals surface area contributed by atoms with Crippen molar-refractivity contribution in [2.75, 3.05) is 14.2 Å². The number of ether oxygens (including phenoxy) is 2. The van der Waals surface area contributed by atoms with Crippen LogP contribution in [0.5, 0.6) is 11.5 Å². The number of benzene rings is 1. The zero-order chi connectivity index (χ0) is 14.5. The van der Waals surface area contributed by atoms with Gasteiger partial charge in [0.1, 0.15) is 11.5 Å². The molecular formula is C17H26O3. The standard InChI is InChI=1S/C17H26O3/c1-4-12-7-5-8-13(11-12)17(18)16-14(19-2)9-6-10-15(16)20-3/h6,9-10,12-13,17-18H,4-5,7-8,11H2,1-3H3. The first-order valence-electron chi connectivity index (χ1n) is 7.60. The quantitative estimate of drug-likeness (QED) is 0.886. The fraction of sp³-hybridized carbons (Fsp3) is 0.647. The second-order valence-corrected chi connectivity index (χ2v) is 5.72. The molecule has 1 aliphatic rings. The Morgan fingerprint density at radius 2 is 1.85 bits per heavy atom. The molecule has 0 bridgehead atoms. The Balaban J connectivity index is 2.25. The minimum atomic E-state index is -0.504. The topological polar surface area (TPSA) is 38.7 Å². The van der Waals surface area contributed by atoms with Gasteiger partial charge < -0.3 is 14.6 Å². The van der Waals surface area contributed by atoms with E-state index in [1.165, 1.54) is 19.3 Å². The second kappa shape index (κ2) is 6.98. The lowest BCUT2D eigenvalue weighted by Crippen LogP contribution is -2.22. The summed E-state index contributed by atoms with van der Waals surface area (Å²) in [5.74, 6) is 2.48. The highest BCUT2D eigenvalue weighted by molar-refractivity contribution is 5.46. The monoisotopic (exact) mass is 278 g/mol. The molecule has 3 nitrogen and oxygen atoms in total. The third-order valence-electron chi connectivity index (χ3n) is 4.61. The molecule has 0 saturated heterocycles. The Labute approximate surface area is 121 Å². The first-order chi connectivity index (χ1) is 9.71. The van der Waals surface area contributed by atoms with E-state index in [0.717, 1.165) is 35.8 Å². The van der Waals surface area contributed by atoms with Gasteiger partial charge in [0, 0.05) is 0 Å². The first kappa shape index (κ1) is 15.2. The third kappa shape index (κ3) is 3.09. The Hall–Kier alpha value is -1.22. The molecule has 3 atom stereocenters. The summed E-state index contributed by atoms with van der Waals surface area (Å²) in [4.78, 5) is 0.